The van der Waals surface area contributed by atoms with Crippen molar-refractivity contribution in [1.29, 1.82) is 0 Å². The molecule has 0 aliphatic heterocycles. The highest BCUT2D eigenvalue weighted by Gasteiger charge is 2.08. The molecule has 0 saturated heterocycles. The molecule has 0 radical (unpaired) electrons. The summed E-state index contributed by atoms with van der Waals surface area (Å²) in [5.74, 6) is -1.60. The van der Waals surface area contributed by atoms with E-state index in [1.165, 1.54) is 12.1 Å². The summed E-state index contributed by atoms with van der Waals surface area (Å²) in [5.41, 5.74) is 0.761. The van der Waals surface area contributed by atoms with E-state index in [0.717, 1.165) is 31.6 Å². The predicted octanol–water partition coefficient (Wildman–Crippen LogP) is 3.82. The quantitative estimate of drug-likeness (QED) is 0.726. The number of unbranched alkanes of at least 4 members (excludes halogenated alkanes) is 1. The SMILES string of the molecule is CC(C)OCCCCNC(C)c1ccc(F)c(F)c1. The van der Waals surface area contributed by atoms with Gasteiger partial charge >= 0.3 is 0 Å². The van der Waals surface area contributed by atoms with Gasteiger partial charge in [-0.1, -0.05) is 6.07 Å². The third-order valence-electron chi connectivity index (χ3n) is 2.92. The standard InChI is InChI=1S/C15H23F2NO/c1-11(2)19-9-5-4-8-18-12(3)13-6-7-14(16)15(17)10-13/h6-7,10-12,18H,4-5,8-9H2,1-3H3. The van der Waals surface area contributed by atoms with Crippen LogP contribution in [0.1, 0.15) is 45.2 Å². The zero-order valence-corrected chi connectivity index (χ0v) is 11.9. The Bertz CT molecular complexity index is 382. The lowest BCUT2D eigenvalue weighted by Gasteiger charge is -2.14. The summed E-state index contributed by atoms with van der Waals surface area (Å²) in [6.45, 7) is 7.57. The number of hydrogen-bond donors (Lipinski definition) is 1. The van der Waals surface area contributed by atoms with Crippen molar-refractivity contribution in [2.75, 3.05) is 13.2 Å². The lowest BCUT2D eigenvalue weighted by Crippen LogP contribution is -2.20. The molecular formula is C15H23F2NO. The van der Waals surface area contributed by atoms with Gasteiger partial charge in [0.15, 0.2) is 11.6 Å². The molecule has 1 rings (SSSR count). The Morgan fingerprint density at radius 1 is 1.11 bits per heavy atom. The van der Waals surface area contributed by atoms with E-state index in [9.17, 15) is 8.78 Å². The highest BCUT2D eigenvalue weighted by molar-refractivity contribution is 5.20. The van der Waals surface area contributed by atoms with Gasteiger partial charge in [-0.2, -0.15) is 0 Å². The molecule has 1 atom stereocenters. The van der Waals surface area contributed by atoms with Crippen LogP contribution >= 0.6 is 0 Å². The first-order valence-electron chi connectivity index (χ1n) is 6.80. The van der Waals surface area contributed by atoms with Crippen molar-refractivity contribution in [3.05, 3.63) is 35.4 Å². The molecule has 0 saturated carbocycles. The second-order valence-electron chi connectivity index (χ2n) is 4.98. The Hall–Kier alpha value is -1.00. The van der Waals surface area contributed by atoms with Gasteiger partial charge < -0.3 is 10.1 Å². The molecule has 2 nitrogen and oxygen atoms in total. The van der Waals surface area contributed by atoms with Gasteiger partial charge in [0.1, 0.15) is 0 Å². The molecule has 1 aromatic rings. The van der Waals surface area contributed by atoms with E-state index in [1.54, 1.807) is 6.07 Å². The number of hydrogen-bond acceptors (Lipinski definition) is 2. The molecule has 1 aromatic carbocycles. The summed E-state index contributed by atoms with van der Waals surface area (Å²) in [6, 6.07) is 4.03. The Balaban J connectivity index is 2.23. The van der Waals surface area contributed by atoms with E-state index in [0.29, 0.717) is 0 Å². The van der Waals surface area contributed by atoms with Gasteiger partial charge in [0, 0.05) is 12.6 Å². The minimum atomic E-state index is -0.804. The summed E-state index contributed by atoms with van der Waals surface area (Å²) in [7, 11) is 0. The van der Waals surface area contributed by atoms with Crippen molar-refractivity contribution in [2.24, 2.45) is 0 Å². The topological polar surface area (TPSA) is 21.3 Å². The van der Waals surface area contributed by atoms with Crippen LogP contribution in [0.15, 0.2) is 18.2 Å². The van der Waals surface area contributed by atoms with Crippen LogP contribution in [0.25, 0.3) is 0 Å². The van der Waals surface area contributed by atoms with Crippen molar-refractivity contribution in [1.82, 2.24) is 5.32 Å². The van der Waals surface area contributed by atoms with Crippen LogP contribution < -0.4 is 5.32 Å². The largest absolute Gasteiger partial charge is 0.379 e. The smallest absolute Gasteiger partial charge is 0.159 e. The Labute approximate surface area is 114 Å². The fourth-order valence-electron chi connectivity index (χ4n) is 1.76. The van der Waals surface area contributed by atoms with E-state index in [-0.39, 0.29) is 12.1 Å². The molecule has 0 spiro atoms. The summed E-state index contributed by atoms with van der Waals surface area (Å²) in [6.07, 6.45) is 2.27. The zero-order chi connectivity index (χ0) is 14.3. The second-order valence-corrected chi connectivity index (χ2v) is 4.98. The molecule has 0 heterocycles. The molecule has 0 fully saturated rings. The first-order chi connectivity index (χ1) is 9.00. The second kappa shape index (κ2) is 8.23. The summed E-state index contributed by atoms with van der Waals surface area (Å²) < 4.78 is 31.3. The predicted molar refractivity (Wildman–Crippen MR) is 73.1 cm³/mol. The van der Waals surface area contributed by atoms with E-state index in [1.807, 2.05) is 20.8 Å². The average Bonchev–Trinajstić information content (AvgIpc) is 2.36. The monoisotopic (exact) mass is 271 g/mol. The van der Waals surface area contributed by atoms with Crippen LogP contribution in [0.4, 0.5) is 8.78 Å². The Morgan fingerprint density at radius 3 is 2.47 bits per heavy atom. The average molecular weight is 271 g/mol. The maximum Gasteiger partial charge on any atom is 0.159 e. The van der Waals surface area contributed by atoms with Crippen LogP contribution in [0.3, 0.4) is 0 Å². The van der Waals surface area contributed by atoms with Crippen molar-refractivity contribution in [2.45, 2.75) is 45.8 Å². The van der Waals surface area contributed by atoms with E-state index in [2.05, 4.69) is 5.32 Å². The van der Waals surface area contributed by atoms with Crippen LogP contribution in [0, 0.1) is 11.6 Å². The zero-order valence-electron chi connectivity index (χ0n) is 11.9. The molecule has 19 heavy (non-hydrogen) atoms. The maximum absolute atomic E-state index is 13.1. The van der Waals surface area contributed by atoms with Crippen LogP contribution in [0.2, 0.25) is 0 Å². The minimum absolute atomic E-state index is 0.0149. The van der Waals surface area contributed by atoms with Gasteiger partial charge in [0.25, 0.3) is 0 Å². The molecule has 108 valence electrons. The molecule has 0 amide bonds. The molecule has 0 bridgehead atoms. The Kier molecular flexibility index (Phi) is 6.95. The minimum Gasteiger partial charge on any atom is -0.379 e. The molecule has 0 aliphatic rings. The van der Waals surface area contributed by atoms with E-state index in [4.69, 9.17) is 4.74 Å². The number of benzene rings is 1. The molecule has 0 aromatic heterocycles. The number of halogens is 2. The van der Waals surface area contributed by atoms with Crippen LogP contribution in [-0.4, -0.2) is 19.3 Å². The molecular weight excluding hydrogens is 248 g/mol. The molecule has 0 aliphatic carbocycles. The molecule has 4 heteroatoms. The summed E-state index contributed by atoms with van der Waals surface area (Å²) >= 11 is 0. The molecule has 1 unspecified atom stereocenters. The first kappa shape index (κ1) is 16.1. The third kappa shape index (κ3) is 6.12. The number of nitrogens with one attached hydrogen (secondary N) is 1. The molecule has 1 N–H and O–H groups in total. The van der Waals surface area contributed by atoms with Crippen LogP contribution in [0.5, 0.6) is 0 Å². The van der Waals surface area contributed by atoms with Gasteiger partial charge in [0.2, 0.25) is 0 Å². The van der Waals surface area contributed by atoms with Crippen molar-refractivity contribution in [3.63, 3.8) is 0 Å². The van der Waals surface area contributed by atoms with Crippen molar-refractivity contribution in [3.8, 4) is 0 Å². The van der Waals surface area contributed by atoms with Crippen molar-refractivity contribution < 1.29 is 13.5 Å². The van der Waals surface area contributed by atoms with E-state index >= 15 is 0 Å². The lowest BCUT2D eigenvalue weighted by atomic mass is 10.1. The summed E-state index contributed by atoms with van der Waals surface area (Å²) in [5, 5.41) is 3.29. The van der Waals surface area contributed by atoms with Gasteiger partial charge in [-0.25, -0.2) is 8.78 Å². The van der Waals surface area contributed by atoms with Gasteiger partial charge in [-0.05, 0) is 57.9 Å². The van der Waals surface area contributed by atoms with Gasteiger partial charge in [0.05, 0.1) is 6.10 Å². The highest BCUT2D eigenvalue weighted by atomic mass is 19.2. The van der Waals surface area contributed by atoms with Crippen molar-refractivity contribution >= 4 is 0 Å². The van der Waals surface area contributed by atoms with Gasteiger partial charge in [-0.3, -0.25) is 0 Å². The normalized spacial score (nSPS) is 12.9. The first-order valence-corrected chi connectivity index (χ1v) is 6.80. The fraction of sp³-hybridized carbons (Fsp3) is 0.600. The lowest BCUT2D eigenvalue weighted by molar-refractivity contribution is 0.0759. The maximum atomic E-state index is 13.1. The van der Waals surface area contributed by atoms with Gasteiger partial charge in [-0.15, -0.1) is 0 Å². The third-order valence-corrected chi connectivity index (χ3v) is 2.92. The van der Waals surface area contributed by atoms with E-state index < -0.39 is 11.6 Å². The Morgan fingerprint density at radius 2 is 1.84 bits per heavy atom. The highest BCUT2D eigenvalue weighted by Crippen LogP contribution is 2.15. The number of ether oxygens (including phenoxy) is 1. The summed E-state index contributed by atoms with van der Waals surface area (Å²) in [4.78, 5) is 0. The number of rotatable bonds is 8. The van der Waals surface area contributed by atoms with Crippen LogP contribution in [-0.2, 0) is 4.74 Å². The fourth-order valence-corrected chi connectivity index (χ4v) is 1.76.